The summed E-state index contributed by atoms with van der Waals surface area (Å²) in [6.07, 6.45) is 8.21. The zero-order valence-electron chi connectivity index (χ0n) is 15.5. The number of carbonyl (C=O) groups excluding carboxylic acids is 2. The summed E-state index contributed by atoms with van der Waals surface area (Å²) in [5, 5.41) is 10.4. The Kier molecular flexibility index (Phi) is 6.02. The molecule has 1 aliphatic carbocycles. The molecule has 2 atom stereocenters. The Hall–Kier alpha value is -1.42. The van der Waals surface area contributed by atoms with Crippen LogP contribution in [0.4, 0.5) is 0 Å². The van der Waals surface area contributed by atoms with Gasteiger partial charge in [-0.2, -0.15) is 0 Å². The highest BCUT2D eigenvalue weighted by Crippen LogP contribution is 2.39. The van der Waals surface area contributed by atoms with Gasteiger partial charge in [-0.15, -0.1) is 0 Å². The van der Waals surface area contributed by atoms with E-state index in [1.165, 1.54) is 0 Å². The fourth-order valence-electron chi connectivity index (χ4n) is 3.86. The summed E-state index contributed by atoms with van der Waals surface area (Å²) in [6, 6.07) is 0. The van der Waals surface area contributed by atoms with Crippen LogP contribution >= 0.6 is 0 Å². The summed E-state index contributed by atoms with van der Waals surface area (Å²) in [7, 11) is 0. The molecule has 0 bridgehead atoms. The lowest BCUT2D eigenvalue weighted by Gasteiger charge is -2.28. The van der Waals surface area contributed by atoms with E-state index in [2.05, 4.69) is 0 Å². The van der Waals surface area contributed by atoms with Gasteiger partial charge in [0.15, 0.2) is 5.78 Å². The van der Waals surface area contributed by atoms with E-state index < -0.39 is 5.60 Å². The van der Waals surface area contributed by atoms with Crippen LogP contribution in [0.5, 0.6) is 0 Å². The van der Waals surface area contributed by atoms with Gasteiger partial charge >= 0.3 is 0 Å². The van der Waals surface area contributed by atoms with Gasteiger partial charge in [0.2, 0.25) is 5.91 Å². The maximum Gasteiger partial charge on any atom is 0.234 e. The van der Waals surface area contributed by atoms with Gasteiger partial charge in [-0.05, 0) is 57.1 Å². The van der Waals surface area contributed by atoms with E-state index in [4.69, 9.17) is 0 Å². The third-order valence-corrected chi connectivity index (χ3v) is 5.79. The van der Waals surface area contributed by atoms with Crippen molar-refractivity contribution in [2.45, 2.75) is 71.8 Å². The summed E-state index contributed by atoms with van der Waals surface area (Å²) in [5.74, 6) is -0.114. The van der Waals surface area contributed by atoms with Gasteiger partial charge in [0.1, 0.15) is 0 Å². The molecule has 2 unspecified atom stereocenters. The third-order valence-electron chi connectivity index (χ3n) is 5.79. The molecule has 4 nitrogen and oxygen atoms in total. The number of ketones is 1. The Morgan fingerprint density at radius 3 is 2.38 bits per heavy atom. The van der Waals surface area contributed by atoms with E-state index in [1.807, 2.05) is 38.7 Å². The van der Waals surface area contributed by atoms with Crippen LogP contribution in [0.25, 0.3) is 0 Å². The summed E-state index contributed by atoms with van der Waals surface area (Å²) in [6.45, 7) is 8.59. The number of carbonyl (C=O) groups is 2. The summed E-state index contributed by atoms with van der Waals surface area (Å²) in [5.41, 5.74) is 1.37. The Morgan fingerprint density at radius 2 is 1.79 bits per heavy atom. The maximum atomic E-state index is 12.6. The highest BCUT2D eigenvalue weighted by atomic mass is 16.3. The van der Waals surface area contributed by atoms with Crippen molar-refractivity contribution in [3.63, 3.8) is 0 Å². The quantitative estimate of drug-likeness (QED) is 0.690. The molecule has 0 saturated heterocycles. The number of unbranched alkanes of at least 4 members (excludes halogenated alkanes) is 1. The number of hydrogen-bond acceptors (Lipinski definition) is 3. The molecule has 0 fully saturated rings. The number of hydrogen-bond donors (Lipinski definition) is 1. The van der Waals surface area contributed by atoms with Crippen LogP contribution in [0.3, 0.4) is 0 Å². The van der Waals surface area contributed by atoms with E-state index >= 15 is 0 Å². The van der Waals surface area contributed by atoms with E-state index in [9.17, 15) is 14.7 Å². The predicted molar refractivity (Wildman–Crippen MR) is 95.2 cm³/mol. The SMILES string of the molecule is CCC1C(=O)C=CC2=C1N(CCCCC(O)(CC)CC)C(=O)C2C. The molecule has 4 heteroatoms. The van der Waals surface area contributed by atoms with Crippen molar-refractivity contribution in [2.24, 2.45) is 11.8 Å². The van der Waals surface area contributed by atoms with Gasteiger partial charge in [0, 0.05) is 12.2 Å². The second-order valence-electron chi connectivity index (χ2n) is 7.14. The van der Waals surface area contributed by atoms with Crippen molar-refractivity contribution in [2.75, 3.05) is 6.54 Å². The van der Waals surface area contributed by atoms with Crippen LogP contribution in [0, 0.1) is 11.8 Å². The Bertz CT molecular complexity index is 557. The maximum absolute atomic E-state index is 12.6. The van der Waals surface area contributed by atoms with Crippen molar-refractivity contribution in [3.8, 4) is 0 Å². The topological polar surface area (TPSA) is 57.6 Å². The van der Waals surface area contributed by atoms with Gasteiger partial charge < -0.3 is 10.0 Å². The largest absolute Gasteiger partial charge is 0.390 e. The first-order valence-corrected chi connectivity index (χ1v) is 9.38. The zero-order valence-corrected chi connectivity index (χ0v) is 15.5. The summed E-state index contributed by atoms with van der Waals surface area (Å²) in [4.78, 5) is 26.6. The lowest BCUT2D eigenvalue weighted by Crippen LogP contribution is -2.34. The standard InChI is InChI=1S/C20H31NO3/c1-5-15-17(22)11-10-16-14(4)19(23)21(18(15)16)13-9-8-12-20(24,6-2)7-3/h10-11,14-15,24H,5-9,12-13H2,1-4H3. The molecule has 1 N–H and O–H groups in total. The molecule has 134 valence electrons. The van der Waals surface area contributed by atoms with Crippen molar-refractivity contribution in [1.29, 1.82) is 0 Å². The molecule has 0 saturated carbocycles. The zero-order chi connectivity index (χ0) is 17.9. The fraction of sp³-hybridized carbons (Fsp3) is 0.700. The molecule has 0 radical (unpaired) electrons. The van der Waals surface area contributed by atoms with E-state index in [0.717, 1.165) is 49.8 Å². The minimum absolute atomic E-state index is 0.106. The third kappa shape index (κ3) is 3.49. The molecule has 0 aromatic rings. The second-order valence-corrected chi connectivity index (χ2v) is 7.14. The molecule has 24 heavy (non-hydrogen) atoms. The molecular formula is C20H31NO3. The smallest absolute Gasteiger partial charge is 0.234 e. The van der Waals surface area contributed by atoms with E-state index in [1.54, 1.807) is 6.08 Å². The number of amides is 1. The molecule has 1 aliphatic heterocycles. The molecule has 0 spiro atoms. The van der Waals surface area contributed by atoms with Crippen LogP contribution in [-0.4, -0.2) is 33.8 Å². The number of nitrogens with zero attached hydrogens (tertiary/aromatic N) is 1. The second kappa shape index (κ2) is 7.64. The van der Waals surface area contributed by atoms with Crippen molar-refractivity contribution in [3.05, 3.63) is 23.4 Å². The first-order chi connectivity index (χ1) is 11.4. The minimum atomic E-state index is -0.581. The number of allylic oxidation sites excluding steroid dienone is 3. The highest BCUT2D eigenvalue weighted by Gasteiger charge is 2.41. The monoisotopic (exact) mass is 333 g/mol. The summed E-state index contributed by atoms with van der Waals surface area (Å²) < 4.78 is 0. The first kappa shape index (κ1) is 18.9. The first-order valence-electron chi connectivity index (χ1n) is 9.38. The lowest BCUT2D eigenvalue weighted by atomic mass is 9.87. The lowest BCUT2D eigenvalue weighted by molar-refractivity contribution is -0.130. The molecule has 1 heterocycles. The molecule has 2 aliphatic rings. The Balaban J connectivity index is 2.04. The fourth-order valence-corrected chi connectivity index (χ4v) is 3.86. The predicted octanol–water partition coefficient (Wildman–Crippen LogP) is 3.61. The number of aliphatic hydroxyl groups is 1. The van der Waals surface area contributed by atoms with Gasteiger partial charge in [0.05, 0.1) is 17.4 Å². The van der Waals surface area contributed by atoms with Crippen LogP contribution in [0.2, 0.25) is 0 Å². The average molecular weight is 333 g/mol. The molecule has 0 aromatic heterocycles. The van der Waals surface area contributed by atoms with Gasteiger partial charge in [-0.25, -0.2) is 0 Å². The van der Waals surface area contributed by atoms with E-state index in [0.29, 0.717) is 6.54 Å². The number of rotatable bonds is 8. The summed E-state index contributed by atoms with van der Waals surface area (Å²) >= 11 is 0. The van der Waals surface area contributed by atoms with Crippen LogP contribution in [0.15, 0.2) is 23.4 Å². The Labute approximate surface area is 145 Å². The average Bonchev–Trinajstić information content (AvgIpc) is 2.83. The highest BCUT2D eigenvalue weighted by molar-refractivity contribution is 6.00. The van der Waals surface area contributed by atoms with Crippen molar-refractivity contribution in [1.82, 2.24) is 4.90 Å². The normalized spacial score (nSPS) is 24.1. The van der Waals surface area contributed by atoms with Crippen molar-refractivity contribution < 1.29 is 14.7 Å². The minimum Gasteiger partial charge on any atom is -0.390 e. The van der Waals surface area contributed by atoms with Gasteiger partial charge in [-0.1, -0.05) is 26.8 Å². The Morgan fingerprint density at radius 1 is 1.12 bits per heavy atom. The van der Waals surface area contributed by atoms with Crippen LogP contribution < -0.4 is 0 Å². The van der Waals surface area contributed by atoms with E-state index in [-0.39, 0.29) is 23.5 Å². The van der Waals surface area contributed by atoms with Gasteiger partial charge in [-0.3, -0.25) is 9.59 Å². The van der Waals surface area contributed by atoms with Crippen molar-refractivity contribution >= 4 is 11.7 Å². The molecule has 0 aromatic carbocycles. The van der Waals surface area contributed by atoms with Crippen LogP contribution in [0.1, 0.15) is 66.2 Å². The molecular weight excluding hydrogens is 302 g/mol. The van der Waals surface area contributed by atoms with Crippen LogP contribution in [-0.2, 0) is 9.59 Å². The molecule has 1 amide bonds. The van der Waals surface area contributed by atoms with Gasteiger partial charge in [0.25, 0.3) is 0 Å². The molecule has 2 rings (SSSR count).